The van der Waals surface area contributed by atoms with Crippen LogP contribution in [-0.4, -0.2) is 9.97 Å². The van der Waals surface area contributed by atoms with E-state index in [1.165, 1.54) is 72.3 Å². The van der Waals surface area contributed by atoms with Crippen molar-refractivity contribution < 1.29 is 0 Å². The molecule has 230 valence electrons. The van der Waals surface area contributed by atoms with Crippen LogP contribution in [0.1, 0.15) is 33.4 Å². The standard InChI is InChI=1S/C47H32N2/c1-29-13-3-4-14-32(29)33-25-24-31(27-30(33)2)39-28-44(49-46-36(39)19-12-26-48-46)38-18-11-23-43-45(38)37-17-7-10-22-42(37)47(43)40-20-8-5-15-34(40)35-16-6-9-21-41(35)47/h3-28H,1-2H3. The van der Waals surface area contributed by atoms with E-state index in [2.05, 4.69) is 159 Å². The quantitative estimate of drug-likeness (QED) is 0.195. The number of fused-ring (bicyclic) bond motifs is 11. The highest BCUT2D eigenvalue weighted by molar-refractivity contribution is 6.02. The normalized spacial score (nSPS) is 13.3. The molecule has 0 fully saturated rings. The molecule has 0 radical (unpaired) electrons. The van der Waals surface area contributed by atoms with Crippen molar-refractivity contribution in [3.63, 3.8) is 0 Å². The molecule has 0 aliphatic heterocycles. The molecule has 2 aromatic heterocycles. The van der Waals surface area contributed by atoms with Crippen LogP contribution in [0, 0.1) is 13.8 Å². The molecule has 0 saturated carbocycles. The van der Waals surface area contributed by atoms with E-state index >= 15 is 0 Å². The monoisotopic (exact) mass is 624 g/mol. The topological polar surface area (TPSA) is 25.8 Å². The predicted molar refractivity (Wildman–Crippen MR) is 202 cm³/mol. The summed E-state index contributed by atoms with van der Waals surface area (Å²) in [5, 5.41) is 1.05. The van der Waals surface area contributed by atoms with Crippen LogP contribution >= 0.6 is 0 Å². The Bertz CT molecular complexity index is 2600. The zero-order valence-corrected chi connectivity index (χ0v) is 27.4. The Labute approximate surface area is 286 Å². The van der Waals surface area contributed by atoms with Gasteiger partial charge in [0.25, 0.3) is 0 Å². The van der Waals surface area contributed by atoms with Gasteiger partial charge in [-0.25, -0.2) is 9.97 Å². The first-order valence-corrected chi connectivity index (χ1v) is 17.0. The van der Waals surface area contributed by atoms with E-state index in [-0.39, 0.29) is 0 Å². The molecule has 0 saturated heterocycles. The summed E-state index contributed by atoms with van der Waals surface area (Å²) in [6, 6.07) is 55.6. The summed E-state index contributed by atoms with van der Waals surface area (Å²) in [6.45, 7) is 4.39. The van der Waals surface area contributed by atoms with Crippen LogP contribution in [0.25, 0.3) is 66.8 Å². The molecule has 2 heterocycles. The highest BCUT2D eigenvalue weighted by Gasteiger charge is 2.52. The first-order chi connectivity index (χ1) is 24.1. The minimum absolute atomic E-state index is 0.393. The van der Waals surface area contributed by atoms with Gasteiger partial charge in [0.15, 0.2) is 5.65 Å². The third kappa shape index (κ3) is 3.83. The average Bonchev–Trinajstić information content (AvgIpc) is 3.62. The lowest BCUT2D eigenvalue weighted by atomic mass is 9.70. The maximum atomic E-state index is 5.27. The van der Waals surface area contributed by atoms with Crippen LogP contribution in [0.4, 0.5) is 0 Å². The highest BCUT2D eigenvalue weighted by atomic mass is 14.8. The fourth-order valence-corrected chi connectivity index (χ4v) is 8.80. The Morgan fingerprint density at radius 3 is 1.73 bits per heavy atom. The maximum Gasteiger partial charge on any atom is 0.160 e. The Balaban J connectivity index is 1.23. The summed E-state index contributed by atoms with van der Waals surface area (Å²) < 4.78 is 0. The number of aromatic nitrogens is 2. The van der Waals surface area contributed by atoms with E-state index in [0.29, 0.717) is 0 Å². The second kappa shape index (κ2) is 10.4. The van der Waals surface area contributed by atoms with Crippen molar-refractivity contribution in [1.29, 1.82) is 0 Å². The van der Waals surface area contributed by atoms with Crippen molar-refractivity contribution >= 4 is 11.0 Å². The van der Waals surface area contributed by atoms with E-state index in [1.54, 1.807) is 0 Å². The lowest BCUT2D eigenvalue weighted by Gasteiger charge is -2.30. The summed E-state index contributed by atoms with van der Waals surface area (Å²) in [5.41, 5.74) is 20.3. The minimum atomic E-state index is -0.393. The van der Waals surface area contributed by atoms with Gasteiger partial charge in [0, 0.05) is 17.1 Å². The lowest BCUT2D eigenvalue weighted by molar-refractivity contribution is 0.794. The van der Waals surface area contributed by atoms with E-state index < -0.39 is 5.41 Å². The van der Waals surface area contributed by atoms with Crippen molar-refractivity contribution in [2.45, 2.75) is 19.3 Å². The molecular weight excluding hydrogens is 593 g/mol. The van der Waals surface area contributed by atoms with Crippen molar-refractivity contribution in [1.82, 2.24) is 9.97 Å². The van der Waals surface area contributed by atoms with Gasteiger partial charge < -0.3 is 0 Å². The summed E-state index contributed by atoms with van der Waals surface area (Å²) in [4.78, 5) is 10.1. The molecule has 2 aliphatic carbocycles. The van der Waals surface area contributed by atoms with Crippen LogP contribution in [0.2, 0.25) is 0 Å². The second-order valence-corrected chi connectivity index (χ2v) is 13.4. The molecule has 0 atom stereocenters. The number of nitrogens with zero attached hydrogens (tertiary/aromatic N) is 2. The smallest absolute Gasteiger partial charge is 0.160 e. The molecule has 0 unspecified atom stereocenters. The van der Waals surface area contributed by atoms with E-state index in [1.807, 2.05) is 12.3 Å². The van der Waals surface area contributed by atoms with Gasteiger partial charge >= 0.3 is 0 Å². The summed E-state index contributed by atoms with van der Waals surface area (Å²) in [7, 11) is 0. The largest absolute Gasteiger partial charge is 0.237 e. The first kappa shape index (κ1) is 27.9. The van der Waals surface area contributed by atoms with Gasteiger partial charge in [0.1, 0.15) is 0 Å². The molecule has 2 heteroatoms. The Hall–Kier alpha value is -6.12. The third-order valence-corrected chi connectivity index (χ3v) is 10.9. The summed E-state index contributed by atoms with van der Waals surface area (Å²) in [5.74, 6) is 0. The Morgan fingerprint density at radius 2 is 1.02 bits per heavy atom. The Kier molecular flexibility index (Phi) is 5.95. The van der Waals surface area contributed by atoms with Crippen molar-refractivity contribution in [2.24, 2.45) is 0 Å². The van der Waals surface area contributed by atoms with E-state index in [0.717, 1.165) is 27.9 Å². The zero-order chi connectivity index (χ0) is 32.7. The fraction of sp³-hybridized carbons (Fsp3) is 0.0638. The molecule has 6 aromatic carbocycles. The van der Waals surface area contributed by atoms with Gasteiger partial charge in [-0.15, -0.1) is 0 Å². The molecule has 2 nitrogen and oxygen atoms in total. The molecule has 10 rings (SSSR count). The number of hydrogen-bond donors (Lipinski definition) is 0. The van der Waals surface area contributed by atoms with Crippen molar-refractivity contribution in [2.75, 3.05) is 0 Å². The van der Waals surface area contributed by atoms with Crippen LogP contribution in [0.3, 0.4) is 0 Å². The van der Waals surface area contributed by atoms with Crippen LogP contribution in [0.15, 0.2) is 158 Å². The average molecular weight is 625 g/mol. The van der Waals surface area contributed by atoms with Gasteiger partial charge in [-0.2, -0.15) is 0 Å². The zero-order valence-electron chi connectivity index (χ0n) is 27.4. The molecule has 1 spiro atoms. The van der Waals surface area contributed by atoms with Crippen LogP contribution in [-0.2, 0) is 5.41 Å². The Morgan fingerprint density at radius 1 is 0.429 bits per heavy atom. The number of pyridine rings is 2. The number of aryl methyl sites for hydroxylation is 2. The number of hydrogen-bond acceptors (Lipinski definition) is 2. The molecule has 49 heavy (non-hydrogen) atoms. The second-order valence-electron chi connectivity index (χ2n) is 13.4. The van der Waals surface area contributed by atoms with E-state index in [4.69, 9.17) is 9.97 Å². The molecule has 0 amide bonds. The molecule has 2 aliphatic rings. The lowest BCUT2D eigenvalue weighted by Crippen LogP contribution is -2.25. The van der Waals surface area contributed by atoms with Crippen LogP contribution < -0.4 is 0 Å². The third-order valence-electron chi connectivity index (χ3n) is 10.9. The predicted octanol–water partition coefficient (Wildman–Crippen LogP) is 11.6. The van der Waals surface area contributed by atoms with Gasteiger partial charge in [0.2, 0.25) is 0 Å². The summed E-state index contributed by atoms with van der Waals surface area (Å²) >= 11 is 0. The maximum absolute atomic E-state index is 5.27. The van der Waals surface area contributed by atoms with Crippen LogP contribution in [0.5, 0.6) is 0 Å². The molecular formula is C47H32N2. The van der Waals surface area contributed by atoms with Crippen molar-refractivity contribution in [3.8, 4) is 55.8 Å². The van der Waals surface area contributed by atoms with Gasteiger partial charge in [-0.1, -0.05) is 133 Å². The highest BCUT2D eigenvalue weighted by Crippen LogP contribution is 2.63. The minimum Gasteiger partial charge on any atom is -0.237 e. The van der Waals surface area contributed by atoms with Crippen molar-refractivity contribution in [3.05, 3.63) is 191 Å². The van der Waals surface area contributed by atoms with Gasteiger partial charge in [-0.3, -0.25) is 0 Å². The SMILES string of the molecule is Cc1ccccc1-c1ccc(-c2cc(-c3cccc4c3-c3ccccc3C43c4ccccc4-c4ccccc43)nc3ncccc23)cc1C. The van der Waals surface area contributed by atoms with Gasteiger partial charge in [0.05, 0.1) is 11.1 Å². The molecule has 0 bridgehead atoms. The number of rotatable bonds is 3. The summed E-state index contributed by atoms with van der Waals surface area (Å²) in [6.07, 6.45) is 1.85. The fourth-order valence-electron chi connectivity index (χ4n) is 8.80. The molecule has 0 N–H and O–H groups in total. The number of benzene rings is 6. The van der Waals surface area contributed by atoms with Gasteiger partial charge in [-0.05, 0) is 110 Å². The first-order valence-electron chi connectivity index (χ1n) is 17.0. The van der Waals surface area contributed by atoms with E-state index in [9.17, 15) is 0 Å². The molecule has 8 aromatic rings.